The zero-order chi connectivity index (χ0) is 9.35. The molecular weight excluding hydrogens is 157 g/mol. The van der Waals surface area contributed by atoms with Gasteiger partial charge in [-0.25, -0.2) is 4.98 Å². The summed E-state index contributed by atoms with van der Waals surface area (Å²) < 4.78 is 12.7. The molecule has 0 saturated carbocycles. The van der Waals surface area contributed by atoms with E-state index in [-0.39, 0.29) is 0 Å². The van der Waals surface area contributed by atoms with Gasteiger partial charge in [-0.2, -0.15) is 4.39 Å². The first kappa shape index (κ1) is 9.13. The van der Waals surface area contributed by atoms with Gasteiger partial charge in [0.25, 0.3) is 0 Å². The summed E-state index contributed by atoms with van der Waals surface area (Å²) in [6, 6.07) is 1.60. The molecule has 1 aromatic rings. The van der Waals surface area contributed by atoms with Crippen LogP contribution in [0.5, 0.6) is 0 Å². The summed E-state index contributed by atoms with van der Waals surface area (Å²) >= 11 is 0. The van der Waals surface area contributed by atoms with Crippen molar-refractivity contribution in [2.75, 3.05) is 0 Å². The first-order valence-electron chi connectivity index (χ1n) is 3.76. The Hall–Kier alpha value is -0.960. The fourth-order valence-electron chi connectivity index (χ4n) is 0.893. The van der Waals surface area contributed by atoms with Crippen LogP contribution in [0, 0.1) is 12.9 Å². The van der Waals surface area contributed by atoms with E-state index in [9.17, 15) is 9.50 Å². The lowest BCUT2D eigenvalue weighted by Crippen LogP contribution is -2.16. The van der Waals surface area contributed by atoms with Crippen LogP contribution in [0.15, 0.2) is 12.3 Å². The third-order valence-electron chi connectivity index (χ3n) is 1.72. The molecule has 66 valence electrons. The van der Waals surface area contributed by atoms with E-state index in [1.807, 2.05) is 0 Å². The zero-order valence-corrected chi connectivity index (χ0v) is 7.43. The van der Waals surface area contributed by atoms with E-state index >= 15 is 0 Å². The third-order valence-corrected chi connectivity index (χ3v) is 1.72. The topological polar surface area (TPSA) is 33.1 Å². The molecular formula is C9H12FNO. The molecule has 0 bridgehead atoms. The Balaban J connectivity index is 3.14. The van der Waals surface area contributed by atoms with E-state index in [1.165, 1.54) is 6.20 Å². The maximum atomic E-state index is 12.7. The average molecular weight is 169 g/mol. The van der Waals surface area contributed by atoms with Gasteiger partial charge in [0.1, 0.15) is 0 Å². The van der Waals surface area contributed by atoms with Crippen LogP contribution in [-0.4, -0.2) is 10.1 Å². The zero-order valence-electron chi connectivity index (χ0n) is 7.43. The molecule has 0 radical (unpaired) electrons. The summed E-state index contributed by atoms with van der Waals surface area (Å²) in [7, 11) is 0. The molecule has 12 heavy (non-hydrogen) atoms. The van der Waals surface area contributed by atoms with Crippen LogP contribution in [0.25, 0.3) is 0 Å². The number of hydrogen-bond donors (Lipinski definition) is 1. The molecule has 0 spiro atoms. The van der Waals surface area contributed by atoms with Crippen molar-refractivity contribution in [3.63, 3.8) is 0 Å². The van der Waals surface area contributed by atoms with Gasteiger partial charge in [-0.15, -0.1) is 0 Å². The summed E-state index contributed by atoms with van der Waals surface area (Å²) in [5.74, 6) is -0.483. The molecule has 0 amide bonds. The normalized spacial score (nSPS) is 11.8. The SMILES string of the molecule is Cc1cc(C(C)(C)O)cnc1F. The van der Waals surface area contributed by atoms with Gasteiger partial charge in [-0.3, -0.25) is 0 Å². The van der Waals surface area contributed by atoms with Crippen molar-refractivity contribution in [1.82, 2.24) is 4.98 Å². The predicted octanol–water partition coefficient (Wildman–Crippen LogP) is 1.76. The number of aryl methyl sites for hydroxylation is 1. The molecule has 3 heteroatoms. The lowest BCUT2D eigenvalue weighted by atomic mass is 9.99. The summed E-state index contributed by atoms with van der Waals surface area (Å²) in [6.45, 7) is 4.90. The Bertz CT molecular complexity index is 291. The van der Waals surface area contributed by atoms with Crippen molar-refractivity contribution < 1.29 is 9.50 Å². The Labute approximate surface area is 71.1 Å². The minimum atomic E-state index is -0.953. The molecule has 1 heterocycles. The van der Waals surface area contributed by atoms with Gasteiger partial charge in [0.2, 0.25) is 5.95 Å². The number of nitrogens with zero attached hydrogens (tertiary/aromatic N) is 1. The molecule has 0 aliphatic carbocycles. The monoisotopic (exact) mass is 169 g/mol. The maximum Gasteiger partial charge on any atom is 0.215 e. The number of rotatable bonds is 1. The molecule has 0 atom stereocenters. The molecule has 1 rings (SSSR count). The average Bonchev–Trinajstić information content (AvgIpc) is 1.92. The smallest absolute Gasteiger partial charge is 0.215 e. The van der Waals surface area contributed by atoms with E-state index in [4.69, 9.17) is 0 Å². The Morgan fingerprint density at radius 3 is 2.50 bits per heavy atom. The molecule has 0 aliphatic rings. The maximum absolute atomic E-state index is 12.7. The van der Waals surface area contributed by atoms with Gasteiger partial charge >= 0.3 is 0 Å². The fraction of sp³-hybridized carbons (Fsp3) is 0.444. The van der Waals surface area contributed by atoms with E-state index in [0.717, 1.165) is 0 Å². The van der Waals surface area contributed by atoms with E-state index < -0.39 is 11.5 Å². The first-order valence-corrected chi connectivity index (χ1v) is 3.76. The lowest BCUT2D eigenvalue weighted by Gasteiger charge is -2.17. The molecule has 0 aromatic carbocycles. The van der Waals surface area contributed by atoms with Gasteiger partial charge in [0.05, 0.1) is 5.60 Å². The van der Waals surface area contributed by atoms with Crippen molar-refractivity contribution in [3.8, 4) is 0 Å². The Morgan fingerprint density at radius 2 is 2.08 bits per heavy atom. The van der Waals surface area contributed by atoms with Gasteiger partial charge in [-0.1, -0.05) is 0 Å². The molecule has 0 aliphatic heterocycles. The highest BCUT2D eigenvalue weighted by Crippen LogP contribution is 2.19. The molecule has 0 unspecified atom stereocenters. The summed E-state index contributed by atoms with van der Waals surface area (Å²) in [5.41, 5.74) is 0.127. The highest BCUT2D eigenvalue weighted by atomic mass is 19.1. The van der Waals surface area contributed by atoms with Crippen molar-refractivity contribution in [2.45, 2.75) is 26.4 Å². The van der Waals surface area contributed by atoms with Crippen LogP contribution in [0.3, 0.4) is 0 Å². The van der Waals surface area contributed by atoms with Crippen molar-refractivity contribution in [1.29, 1.82) is 0 Å². The largest absolute Gasteiger partial charge is 0.386 e. The van der Waals surface area contributed by atoms with Crippen LogP contribution in [-0.2, 0) is 5.60 Å². The highest BCUT2D eigenvalue weighted by molar-refractivity contribution is 5.22. The summed E-state index contributed by atoms with van der Waals surface area (Å²) in [5, 5.41) is 9.54. The van der Waals surface area contributed by atoms with Crippen molar-refractivity contribution in [2.24, 2.45) is 0 Å². The Morgan fingerprint density at radius 1 is 1.50 bits per heavy atom. The number of hydrogen-bond acceptors (Lipinski definition) is 2. The van der Waals surface area contributed by atoms with E-state index in [1.54, 1.807) is 26.8 Å². The van der Waals surface area contributed by atoms with Crippen LogP contribution < -0.4 is 0 Å². The van der Waals surface area contributed by atoms with E-state index in [0.29, 0.717) is 11.1 Å². The molecule has 0 fully saturated rings. The summed E-state index contributed by atoms with van der Waals surface area (Å²) in [6.07, 6.45) is 1.35. The quantitative estimate of drug-likeness (QED) is 0.650. The van der Waals surface area contributed by atoms with E-state index in [2.05, 4.69) is 4.98 Å². The molecule has 1 N–H and O–H groups in total. The second-order valence-electron chi connectivity index (χ2n) is 3.39. The second kappa shape index (κ2) is 2.83. The number of aliphatic hydroxyl groups is 1. The number of pyridine rings is 1. The van der Waals surface area contributed by atoms with Crippen LogP contribution in [0.4, 0.5) is 4.39 Å². The van der Waals surface area contributed by atoms with Gasteiger partial charge < -0.3 is 5.11 Å². The molecule has 0 saturated heterocycles. The second-order valence-corrected chi connectivity index (χ2v) is 3.39. The van der Waals surface area contributed by atoms with Gasteiger partial charge in [-0.05, 0) is 26.8 Å². The first-order chi connectivity index (χ1) is 5.41. The molecule has 2 nitrogen and oxygen atoms in total. The van der Waals surface area contributed by atoms with Gasteiger partial charge in [0, 0.05) is 17.3 Å². The minimum absolute atomic E-state index is 0.453. The van der Waals surface area contributed by atoms with Crippen LogP contribution in [0.2, 0.25) is 0 Å². The third kappa shape index (κ3) is 1.80. The fourth-order valence-corrected chi connectivity index (χ4v) is 0.893. The summed E-state index contributed by atoms with van der Waals surface area (Å²) in [4.78, 5) is 3.52. The minimum Gasteiger partial charge on any atom is -0.386 e. The van der Waals surface area contributed by atoms with Crippen molar-refractivity contribution in [3.05, 3.63) is 29.3 Å². The van der Waals surface area contributed by atoms with Crippen molar-refractivity contribution >= 4 is 0 Å². The highest BCUT2D eigenvalue weighted by Gasteiger charge is 2.17. The predicted molar refractivity (Wildman–Crippen MR) is 44.2 cm³/mol. The van der Waals surface area contributed by atoms with Crippen LogP contribution >= 0.6 is 0 Å². The lowest BCUT2D eigenvalue weighted by molar-refractivity contribution is 0.0780. The number of aromatic nitrogens is 1. The molecule has 1 aromatic heterocycles. The number of halogens is 1. The Kier molecular flexibility index (Phi) is 2.15. The van der Waals surface area contributed by atoms with Gasteiger partial charge in [0.15, 0.2) is 0 Å². The standard InChI is InChI=1S/C9H12FNO/c1-6-4-7(9(2,3)12)5-11-8(6)10/h4-5,12H,1-3H3. The van der Waals surface area contributed by atoms with Crippen LogP contribution in [0.1, 0.15) is 25.0 Å².